The molecule has 0 radical (unpaired) electrons. The van der Waals surface area contributed by atoms with Gasteiger partial charge < -0.3 is 4.90 Å². The molecule has 0 N–H and O–H groups in total. The molecule has 2 heterocycles. The molecule has 4 rings (SSSR count). The number of imide groups is 1. The molecule has 0 saturated carbocycles. The quantitative estimate of drug-likeness (QED) is 0.801. The summed E-state index contributed by atoms with van der Waals surface area (Å²) in [5, 5.41) is 0. The van der Waals surface area contributed by atoms with Gasteiger partial charge in [0, 0.05) is 12.2 Å². The zero-order chi connectivity index (χ0) is 16.0. The molecular weight excluding hydrogens is 288 g/mol. The van der Waals surface area contributed by atoms with Crippen molar-refractivity contribution in [2.75, 3.05) is 18.1 Å². The summed E-state index contributed by atoms with van der Waals surface area (Å²) in [5.74, 6) is -0.380. The average molecular weight is 306 g/mol. The van der Waals surface area contributed by atoms with Crippen LogP contribution in [-0.2, 0) is 6.42 Å². The van der Waals surface area contributed by atoms with E-state index in [0.29, 0.717) is 17.8 Å². The van der Waals surface area contributed by atoms with Gasteiger partial charge in [0.25, 0.3) is 11.8 Å². The molecule has 0 aromatic heterocycles. The highest BCUT2D eigenvalue weighted by Gasteiger charge is 2.36. The monoisotopic (exact) mass is 306 g/mol. The molecule has 0 saturated heterocycles. The van der Waals surface area contributed by atoms with Crippen LogP contribution in [0.5, 0.6) is 0 Å². The van der Waals surface area contributed by atoms with Crippen molar-refractivity contribution in [1.29, 1.82) is 0 Å². The molecule has 0 spiro atoms. The average Bonchev–Trinajstić information content (AvgIpc) is 2.80. The van der Waals surface area contributed by atoms with E-state index in [1.54, 1.807) is 24.3 Å². The fourth-order valence-corrected chi connectivity index (χ4v) is 3.49. The highest BCUT2D eigenvalue weighted by atomic mass is 16.2. The van der Waals surface area contributed by atoms with Gasteiger partial charge in [-0.3, -0.25) is 14.5 Å². The SMILES string of the molecule is Cc1ccc2c(c1)CCCN2CN1C(=O)c2ccccc2C1=O. The van der Waals surface area contributed by atoms with Gasteiger partial charge in [0.05, 0.1) is 11.1 Å². The van der Waals surface area contributed by atoms with E-state index in [4.69, 9.17) is 0 Å². The number of carbonyl (C=O) groups excluding carboxylic acids is 2. The van der Waals surface area contributed by atoms with E-state index >= 15 is 0 Å². The zero-order valence-corrected chi connectivity index (χ0v) is 13.1. The van der Waals surface area contributed by atoms with Crippen LogP contribution < -0.4 is 4.90 Å². The van der Waals surface area contributed by atoms with Gasteiger partial charge in [-0.25, -0.2) is 0 Å². The second kappa shape index (κ2) is 5.23. The fourth-order valence-electron chi connectivity index (χ4n) is 3.49. The Morgan fingerprint density at radius 3 is 2.39 bits per heavy atom. The number of hydrogen-bond acceptors (Lipinski definition) is 3. The molecule has 4 nitrogen and oxygen atoms in total. The molecule has 2 aliphatic heterocycles. The van der Waals surface area contributed by atoms with Gasteiger partial charge in [-0.05, 0) is 43.5 Å². The normalized spacial score (nSPS) is 16.6. The van der Waals surface area contributed by atoms with Crippen LogP contribution in [0, 0.1) is 6.92 Å². The van der Waals surface area contributed by atoms with Crippen molar-refractivity contribution < 1.29 is 9.59 Å². The van der Waals surface area contributed by atoms with Gasteiger partial charge in [0.1, 0.15) is 6.67 Å². The molecule has 2 aromatic rings. The first-order chi connectivity index (χ1) is 11.1. The number of fused-ring (bicyclic) bond motifs is 2. The lowest BCUT2D eigenvalue weighted by molar-refractivity contribution is 0.0653. The summed E-state index contributed by atoms with van der Waals surface area (Å²) in [7, 11) is 0. The predicted molar refractivity (Wildman–Crippen MR) is 88.7 cm³/mol. The number of rotatable bonds is 2. The molecule has 116 valence electrons. The number of aryl methyl sites for hydroxylation is 2. The fraction of sp³-hybridized carbons (Fsp3) is 0.263. The first kappa shape index (κ1) is 14.0. The third-order valence-electron chi connectivity index (χ3n) is 4.64. The molecule has 2 amide bonds. The van der Waals surface area contributed by atoms with Crippen molar-refractivity contribution in [3.05, 3.63) is 64.7 Å². The largest absolute Gasteiger partial charge is 0.353 e. The number of nitrogens with zero attached hydrogens (tertiary/aromatic N) is 2. The van der Waals surface area contributed by atoms with E-state index < -0.39 is 0 Å². The van der Waals surface area contributed by atoms with E-state index in [1.807, 2.05) is 0 Å². The van der Waals surface area contributed by atoms with E-state index in [-0.39, 0.29) is 11.8 Å². The van der Waals surface area contributed by atoms with Crippen LogP contribution in [-0.4, -0.2) is 29.9 Å². The van der Waals surface area contributed by atoms with Crippen LogP contribution in [0.15, 0.2) is 42.5 Å². The van der Waals surface area contributed by atoms with Crippen LogP contribution in [0.3, 0.4) is 0 Å². The Morgan fingerprint density at radius 1 is 1.00 bits per heavy atom. The van der Waals surface area contributed by atoms with Gasteiger partial charge in [-0.1, -0.05) is 29.8 Å². The van der Waals surface area contributed by atoms with Crippen LogP contribution >= 0.6 is 0 Å². The molecule has 0 aliphatic carbocycles. The second-order valence-corrected chi connectivity index (χ2v) is 6.22. The minimum atomic E-state index is -0.190. The number of hydrogen-bond donors (Lipinski definition) is 0. The maximum Gasteiger partial charge on any atom is 0.263 e. The lowest BCUT2D eigenvalue weighted by Gasteiger charge is -2.33. The van der Waals surface area contributed by atoms with Gasteiger partial charge in [0.15, 0.2) is 0 Å². The smallest absolute Gasteiger partial charge is 0.263 e. The molecule has 23 heavy (non-hydrogen) atoms. The molecule has 0 atom stereocenters. The van der Waals surface area contributed by atoms with Crippen LogP contribution in [0.2, 0.25) is 0 Å². The molecule has 0 fully saturated rings. The van der Waals surface area contributed by atoms with Crippen LogP contribution in [0.25, 0.3) is 0 Å². The zero-order valence-electron chi connectivity index (χ0n) is 13.1. The Kier molecular flexibility index (Phi) is 3.18. The number of anilines is 1. The van der Waals surface area contributed by atoms with Crippen molar-refractivity contribution in [2.24, 2.45) is 0 Å². The summed E-state index contributed by atoms with van der Waals surface area (Å²) in [6.45, 7) is 3.27. The molecule has 0 unspecified atom stereocenters. The Hall–Kier alpha value is -2.62. The molecular formula is C19H18N2O2. The Bertz CT molecular complexity index is 778. The number of carbonyl (C=O) groups is 2. The van der Waals surface area contributed by atoms with Crippen LogP contribution in [0.4, 0.5) is 5.69 Å². The van der Waals surface area contributed by atoms with Crippen molar-refractivity contribution in [3.8, 4) is 0 Å². The lowest BCUT2D eigenvalue weighted by Crippen LogP contribution is -2.43. The van der Waals surface area contributed by atoms with Crippen molar-refractivity contribution in [2.45, 2.75) is 19.8 Å². The highest BCUT2D eigenvalue weighted by molar-refractivity contribution is 6.21. The summed E-state index contributed by atoms with van der Waals surface area (Å²) in [6.07, 6.45) is 2.09. The number of benzene rings is 2. The molecule has 0 bridgehead atoms. The summed E-state index contributed by atoms with van der Waals surface area (Å²) in [5.41, 5.74) is 4.70. The third kappa shape index (κ3) is 2.22. The van der Waals surface area contributed by atoms with Crippen molar-refractivity contribution in [1.82, 2.24) is 4.90 Å². The topological polar surface area (TPSA) is 40.6 Å². The predicted octanol–water partition coefficient (Wildman–Crippen LogP) is 3.00. The van der Waals surface area contributed by atoms with Gasteiger partial charge >= 0.3 is 0 Å². The third-order valence-corrected chi connectivity index (χ3v) is 4.64. The minimum absolute atomic E-state index is 0.190. The van der Waals surface area contributed by atoms with Crippen LogP contribution in [0.1, 0.15) is 38.3 Å². The Labute approximate surface area is 135 Å². The molecule has 2 aromatic carbocycles. The summed E-state index contributed by atoms with van der Waals surface area (Å²) < 4.78 is 0. The minimum Gasteiger partial charge on any atom is -0.353 e. The van der Waals surface area contributed by atoms with E-state index in [9.17, 15) is 9.59 Å². The summed E-state index contributed by atoms with van der Waals surface area (Å²) >= 11 is 0. The standard InChI is InChI=1S/C19H18N2O2/c1-13-8-9-17-14(11-13)5-4-10-20(17)12-21-18(22)15-6-2-3-7-16(15)19(21)23/h2-3,6-9,11H,4-5,10,12H2,1H3. The molecule has 4 heteroatoms. The van der Waals surface area contributed by atoms with E-state index in [1.165, 1.54) is 16.0 Å². The summed E-state index contributed by atoms with van der Waals surface area (Å²) in [6, 6.07) is 13.4. The number of amides is 2. The second-order valence-electron chi connectivity index (χ2n) is 6.22. The Balaban J connectivity index is 1.64. The lowest BCUT2D eigenvalue weighted by atomic mass is 10.00. The maximum atomic E-state index is 12.5. The first-order valence-corrected chi connectivity index (χ1v) is 7.95. The highest BCUT2D eigenvalue weighted by Crippen LogP contribution is 2.30. The maximum absolute atomic E-state index is 12.5. The van der Waals surface area contributed by atoms with E-state index in [0.717, 1.165) is 25.1 Å². The van der Waals surface area contributed by atoms with Crippen molar-refractivity contribution in [3.63, 3.8) is 0 Å². The van der Waals surface area contributed by atoms with E-state index in [2.05, 4.69) is 30.0 Å². The Morgan fingerprint density at radius 2 is 1.70 bits per heavy atom. The van der Waals surface area contributed by atoms with Gasteiger partial charge in [-0.15, -0.1) is 0 Å². The van der Waals surface area contributed by atoms with Gasteiger partial charge in [0.2, 0.25) is 0 Å². The summed E-state index contributed by atoms with van der Waals surface area (Å²) in [4.78, 5) is 28.6. The first-order valence-electron chi connectivity index (χ1n) is 7.95. The molecule has 2 aliphatic rings. The van der Waals surface area contributed by atoms with Crippen molar-refractivity contribution >= 4 is 17.5 Å². The van der Waals surface area contributed by atoms with Gasteiger partial charge in [-0.2, -0.15) is 0 Å².